The van der Waals surface area contributed by atoms with E-state index in [9.17, 15) is 4.79 Å². The van der Waals surface area contributed by atoms with E-state index in [0.29, 0.717) is 19.6 Å². The molecule has 0 saturated heterocycles. The topological polar surface area (TPSA) is 64.3 Å². The Kier molecular flexibility index (Phi) is 5.55. The zero-order chi connectivity index (χ0) is 15.9. The predicted molar refractivity (Wildman–Crippen MR) is 89.0 cm³/mol. The lowest BCUT2D eigenvalue weighted by Gasteiger charge is -2.12. The standard InChI is InChI=1S/C18H22N2O2/c1-13-5-3-6-14(2)18(13)22-10-9-17(21)20-16-8-4-7-15(11-16)12-19/h3-8,11H,9-10,12,19H2,1-2H3,(H,20,21). The number of nitrogens with two attached hydrogens (primary N) is 1. The molecule has 22 heavy (non-hydrogen) atoms. The minimum atomic E-state index is -0.0691. The number of benzene rings is 2. The van der Waals surface area contributed by atoms with E-state index in [1.165, 1.54) is 0 Å². The summed E-state index contributed by atoms with van der Waals surface area (Å²) in [6, 6.07) is 13.5. The second-order valence-corrected chi connectivity index (χ2v) is 5.27. The molecule has 4 nitrogen and oxygen atoms in total. The maximum atomic E-state index is 11.9. The molecule has 2 rings (SSSR count). The first-order chi connectivity index (χ1) is 10.6. The van der Waals surface area contributed by atoms with Gasteiger partial charge in [-0.25, -0.2) is 0 Å². The van der Waals surface area contributed by atoms with Gasteiger partial charge in [-0.05, 0) is 42.7 Å². The summed E-state index contributed by atoms with van der Waals surface area (Å²) in [5.41, 5.74) is 9.50. The maximum Gasteiger partial charge on any atom is 0.227 e. The molecule has 0 saturated carbocycles. The quantitative estimate of drug-likeness (QED) is 0.861. The summed E-state index contributed by atoms with van der Waals surface area (Å²) < 4.78 is 5.74. The number of carbonyl (C=O) groups excluding carboxylic acids is 1. The fraction of sp³-hybridized carbons (Fsp3) is 0.278. The third-order valence-electron chi connectivity index (χ3n) is 3.43. The maximum absolute atomic E-state index is 11.9. The lowest BCUT2D eigenvalue weighted by Crippen LogP contribution is -2.15. The first-order valence-corrected chi connectivity index (χ1v) is 7.38. The van der Waals surface area contributed by atoms with Crippen LogP contribution in [0.5, 0.6) is 5.75 Å². The van der Waals surface area contributed by atoms with E-state index in [1.807, 2.05) is 56.3 Å². The lowest BCUT2D eigenvalue weighted by atomic mass is 10.1. The highest BCUT2D eigenvalue weighted by atomic mass is 16.5. The van der Waals surface area contributed by atoms with E-state index < -0.39 is 0 Å². The van der Waals surface area contributed by atoms with E-state index in [4.69, 9.17) is 10.5 Å². The monoisotopic (exact) mass is 298 g/mol. The van der Waals surface area contributed by atoms with Crippen molar-refractivity contribution in [2.75, 3.05) is 11.9 Å². The molecule has 0 radical (unpaired) electrons. The number of hydrogen-bond donors (Lipinski definition) is 2. The van der Waals surface area contributed by atoms with Crippen LogP contribution in [0.2, 0.25) is 0 Å². The first kappa shape index (κ1) is 16.0. The van der Waals surface area contributed by atoms with Gasteiger partial charge in [0, 0.05) is 12.2 Å². The summed E-state index contributed by atoms with van der Waals surface area (Å²) in [6.45, 7) is 4.81. The molecule has 0 aliphatic heterocycles. The number of aryl methyl sites for hydroxylation is 2. The largest absolute Gasteiger partial charge is 0.493 e. The van der Waals surface area contributed by atoms with Crippen molar-refractivity contribution in [2.24, 2.45) is 5.73 Å². The average Bonchev–Trinajstić information content (AvgIpc) is 2.50. The molecule has 0 fully saturated rings. The van der Waals surface area contributed by atoms with E-state index in [2.05, 4.69) is 5.32 Å². The second kappa shape index (κ2) is 7.61. The Morgan fingerprint density at radius 1 is 1.14 bits per heavy atom. The van der Waals surface area contributed by atoms with Crippen LogP contribution < -0.4 is 15.8 Å². The first-order valence-electron chi connectivity index (χ1n) is 7.38. The van der Waals surface area contributed by atoms with Crippen molar-refractivity contribution < 1.29 is 9.53 Å². The van der Waals surface area contributed by atoms with Gasteiger partial charge in [0.15, 0.2) is 0 Å². The fourth-order valence-electron chi connectivity index (χ4n) is 2.27. The summed E-state index contributed by atoms with van der Waals surface area (Å²) in [7, 11) is 0. The average molecular weight is 298 g/mol. The number of ether oxygens (including phenoxy) is 1. The Morgan fingerprint density at radius 3 is 2.50 bits per heavy atom. The Morgan fingerprint density at radius 2 is 1.82 bits per heavy atom. The van der Waals surface area contributed by atoms with Crippen LogP contribution >= 0.6 is 0 Å². The van der Waals surface area contributed by atoms with Gasteiger partial charge in [-0.1, -0.05) is 30.3 Å². The molecule has 3 N–H and O–H groups in total. The fourth-order valence-corrected chi connectivity index (χ4v) is 2.27. The highest BCUT2D eigenvalue weighted by Crippen LogP contribution is 2.22. The molecule has 0 heterocycles. The van der Waals surface area contributed by atoms with Gasteiger partial charge in [0.05, 0.1) is 13.0 Å². The third kappa shape index (κ3) is 4.33. The third-order valence-corrected chi connectivity index (χ3v) is 3.43. The normalized spacial score (nSPS) is 10.3. The Labute approximate surface area is 131 Å². The number of rotatable bonds is 6. The zero-order valence-electron chi connectivity index (χ0n) is 13.1. The number of nitrogens with one attached hydrogen (secondary N) is 1. The summed E-state index contributed by atoms with van der Waals surface area (Å²) >= 11 is 0. The van der Waals surface area contributed by atoms with Gasteiger partial charge < -0.3 is 15.8 Å². The molecule has 2 aromatic carbocycles. The van der Waals surface area contributed by atoms with Crippen LogP contribution in [0.3, 0.4) is 0 Å². The summed E-state index contributed by atoms with van der Waals surface area (Å²) in [5.74, 6) is 0.792. The summed E-state index contributed by atoms with van der Waals surface area (Å²) in [6.07, 6.45) is 0.306. The molecule has 0 bridgehead atoms. The second-order valence-electron chi connectivity index (χ2n) is 5.27. The Hall–Kier alpha value is -2.33. The van der Waals surface area contributed by atoms with Crippen molar-refractivity contribution in [3.63, 3.8) is 0 Å². The van der Waals surface area contributed by atoms with Crippen LogP contribution in [-0.2, 0) is 11.3 Å². The molecule has 0 atom stereocenters. The molecule has 4 heteroatoms. The van der Waals surface area contributed by atoms with E-state index in [0.717, 1.165) is 28.1 Å². The molecule has 0 aliphatic rings. The van der Waals surface area contributed by atoms with Gasteiger partial charge >= 0.3 is 0 Å². The summed E-state index contributed by atoms with van der Waals surface area (Å²) in [4.78, 5) is 11.9. The zero-order valence-corrected chi connectivity index (χ0v) is 13.1. The van der Waals surface area contributed by atoms with Crippen LogP contribution in [0.15, 0.2) is 42.5 Å². The van der Waals surface area contributed by atoms with E-state index in [1.54, 1.807) is 0 Å². The number of amides is 1. The van der Waals surface area contributed by atoms with Crippen molar-refractivity contribution in [3.05, 3.63) is 59.2 Å². The number of carbonyl (C=O) groups is 1. The highest BCUT2D eigenvalue weighted by Gasteiger charge is 2.06. The van der Waals surface area contributed by atoms with Crippen molar-refractivity contribution in [2.45, 2.75) is 26.8 Å². The van der Waals surface area contributed by atoms with Crippen molar-refractivity contribution in [1.82, 2.24) is 0 Å². The van der Waals surface area contributed by atoms with Crippen molar-refractivity contribution >= 4 is 11.6 Å². The highest BCUT2D eigenvalue weighted by molar-refractivity contribution is 5.90. The lowest BCUT2D eigenvalue weighted by molar-refractivity contribution is -0.116. The predicted octanol–water partition coefficient (Wildman–Crippen LogP) is 3.17. The minimum absolute atomic E-state index is 0.0691. The van der Waals surface area contributed by atoms with Gasteiger partial charge in [-0.3, -0.25) is 4.79 Å². The molecular formula is C18H22N2O2. The van der Waals surface area contributed by atoms with Crippen LogP contribution in [0, 0.1) is 13.8 Å². The molecule has 1 amide bonds. The van der Waals surface area contributed by atoms with Crippen LogP contribution in [0.1, 0.15) is 23.1 Å². The Bertz CT molecular complexity index is 633. The van der Waals surface area contributed by atoms with E-state index in [-0.39, 0.29) is 5.91 Å². The number of anilines is 1. The number of hydrogen-bond acceptors (Lipinski definition) is 3. The molecular weight excluding hydrogens is 276 g/mol. The molecule has 0 spiro atoms. The van der Waals surface area contributed by atoms with Gasteiger partial charge in [0.25, 0.3) is 0 Å². The minimum Gasteiger partial charge on any atom is -0.493 e. The van der Waals surface area contributed by atoms with Crippen LogP contribution in [0.25, 0.3) is 0 Å². The SMILES string of the molecule is Cc1cccc(C)c1OCCC(=O)Nc1cccc(CN)c1. The molecule has 0 aliphatic carbocycles. The Balaban J connectivity index is 1.85. The number of para-hydroxylation sites is 1. The van der Waals surface area contributed by atoms with Crippen molar-refractivity contribution in [1.29, 1.82) is 0 Å². The molecule has 116 valence electrons. The van der Waals surface area contributed by atoms with E-state index >= 15 is 0 Å². The molecule has 0 aromatic heterocycles. The van der Waals surface area contributed by atoms with Gasteiger partial charge in [-0.15, -0.1) is 0 Å². The summed E-state index contributed by atoms with van der Waals surface area (Å²) in [5, 5.41) is 2.86. The van der Waals surface area contributed by atoms with Crippen LogP contribution in [0.4, 0.5) is 5.69 Å². The smallest absolute Gasteiger partial charge is 0.227 e. The van der Waals surface area contributed by atoms with Gasteiger partial charge in [0.1, 0.15) is 5.75 Å². The molecule has 2 aromatic rings. The van der Waals surface area contributed by atoms with Gasteiger partial charge in [-0.2, -0.15) is 0 Å². The molecule has 0 unspecified atom stereocenters. The van der Waals surface area contributed by atoms with Crippen LogP contribution in [-0.4, -0.2) is 12.5 Å². The van der Waals surface area contributed by atoms with Gasteiger partial charge in [0.2, 0.25) is 5.91 Å². The van der Waals surface area contributed by atoms with Crippen molar-refractivity contribution in [3.8, 4) is 5.75 Å².